The number of hydrogen-bond donors (Lipinski definition) is 1. The molecule has 2 atom stereocenters. The maximum Gasteiger partial charge on any atom is 0.416 e. The van der Waals surface area contributed by atoms with Crippen LogP contribution < -0.4 is 5.32 Å². The Kier molecular flexibility index (Phi) is 4.63. The van der Waals surface area contributed by atoms with Gasteiger partial charge in [0, 0.05) is 6.04 Å². The molecule has 2 unspecified atom stereocenters. The maximum atomic E-state index is 12.7. The lowest BCUT2D eigenvalue weighted by atomic mass is 9.95. The minimum absolute atomic E-state index is 0.210. The van der Waals surface area contributed by atoms with Crippen molar-refractivity contribution < 1.29 is 21.6 Å². The molecular formula is C14H18F3NO2S. The first-order valence-electron chi connectivity index (χ1n) is 6.85. The van der Waals surface area contributed by atoms with Crippen molar-refractivity contribution in [3.05, 3.63) is 29.8 Å². The molecule has 1 aromatic carbocycles. The minimum atomic E-state index is -4.54. The van der Waals surface area contributed by atoms with Crippen molar-refractivity contribution in [1.82, 2.24) is 5.32 Å². The van der Waals surface area contributed by atoms with Gasteiger partial charge in [-0.25, -0.2) is 8.42 Å². The fraction of sp³-hybridized carbons (Fsp3) is 0.571. The molecule has 0 spiro atoms. The number of halogens is 3. The maximum absolute atomic E-state index is 12.7. The largest absolute Gasteiger partial charge is 0.416 e. The first-order chi connectivity index (χ1) is 9.76. The number of nitrogens with one attached hydrogen (secondary N) is 1. The first kappa shape index (κ1) is 16.3. The van der Waals surface area contributed by atoms with Crippen molar-refractivity contribution in [2.45, 2.75) is 48.0 Å². The van der Waals surface area contributed by atoms with Gasteiger partial charge in [-0.15, -0.1) is 0 Å². The monoisotopic (exact) mass is 321 g/mol. The Hall–Kier alpha value is -1.08. The van der Waals surface area contributed by atoms with Gasteiger partial charge in [0.1, 0.15) is 0 Å². The highest BCUT2D eigenvalue weighted by Gasteiger charge is 2.37. The molecule has 0 saturated heterocycles. The van der Waals surface area contributed by atoms with Crippen LogP contribution in [0, 0.1) is 0 Å². The van der Waals surface area contributed by atoms with E-state index >= 15 is 0 Å². The molecule has 1 fully saturated rings. The van der Waals surface area contributed by atoms with E-state index in [4.69, 9.17) is 0 Å². The standard InChI is InChI=1S/C14H18F3NO2S/c1-18-12-7-2-3-8-13(12)21(19,20)11-6-4-5-10(9-11)14(15,16)17/h4-6,9,12-13,18H,2-3,7-8H2,1H3. The lowest BCUT2D eigenvalue weighted by Crippen LogP contribution is -2.44. The number of benzene rings is 1. The smallest absolute Gasteiger partial charge is 0.316 e. The van der Waals surface area contributed by atoms with Gasteiger partial charge < -0.3 is 5.32 Å². The summed E-state index contributed by atoms with van der Waals surface area (Å²) in [4.78, 5) is -0.246. The molecular weight excluding hydrogens is 303 g/mol. The second-order valence-corrected chi connectivity index (χ2v) is 7.46. The third kappa shape index (κ3) is 3.40. The molecule has 1 aromatic rings. The van der Waals surface area contributed by atoms with E-state index in [2.05, 4.69) is 5.32 Å². The van der Waals surface area contributed by atoms with Crippen LogP contribution in [-0.4, -0.2) is 26.8 Å². The van der Waals surface area contributed by atoms with Gasteiger partial charge in [0.25, 0.3) is 0 Å². The average molecular weight is 321 g/mol. The number of hydrogen-bond acceptors (Lipinski definition) is 3. The topological polar surface area (TPSA) is 46.2 Å². The average Bonchev–Trinajstić information content (AvgIpc) is 2.46. The lowest BCUT2D eigenvalue weighted by Gasteiger charge is -2.31. The van der Waals surface area contributed by atoms with E-state index in [0.717, 1.165) is 37.5 Å². The van der Waals surface area contributed by atoms with Crippen LogP contribution in [0.25, 0.3) is 0 Å². The third-order valence-corrected chi connectivity index (χ3v) is 6.23. The van der Waals surface area contributed by atoms with Gasteiger partial charge in [-0.1, -0.05) is 18.9 Å². The Morgan fingerprint density at radius 2 is 1.86 bits per heavy atom. The third-order valence-electron chi connectivity index (χ3n) is 3.96. The van der Waals surface area contributed by atoms with Crippen LogP contribution in [0.3, 0.4) is 0 Å². The van der Waals surface area contributed by atoms with Crippen molar-refractivity contribution in [2.75, 3.05) is 7.05 Å². The van der Waals surface area contributed by atoms with Gasteiger partial charge >= 0.3 is 6.18 Å². The predicted molar refractivity (Wildman–Crippen MR) is 73.7 cm³/mol. The van der Waals surface area contributed by atoms with Gasteiger partial charge in [-0.3, -0.25) is 0 Å². The highest BCUT2D eigenvalue weighted by atomic mass is 32.2. The van der Waals surface area contributed by atoms with Crippen LogP contribution in [0.4, 0.5) is 13.2 Å². The summed E-state index contributed by atoms with van der Waals surface area (Å²) in [6.45, 7) is 0. The Labute approximate surface area is 122 Å². The molecule has 21 heavy (non-hydrogen) atoms. The zero-order chi connectivity index (χ0) is 15.7. The molecule has 0 aliphatic heterocycles. The molecule has 1 aliphatic carbocycles. The molecule has 7 heteroatoms. The molecule has 1 N–H and O–H groups in total. The van der Waals surface area contributed by atoms with E-state index in [1.165, 1.54) is 6.07 Å². The Bertz CT molecular complexity index is 598. The molecule has 118 valence electrons. The molecule has 0 radical (unpaired) electrons. The Morgan fingerprint density at radius 1 is 1.19 bits per heavy atom. The summed E-state index contributed by atoms with van der Waals surface area (Å²) in [6, 6.07) is 3.79. The van der Waals surface area contributed by atoms with Gasteiger partial charge in [0.05, 0.1) is 15.7 Å². The molecule has 0 heterocycles. The van der Waals surface area contributed by atoms with Crippen LogP contribution in [-0.2, 0) is 16.0 Å². The summed E-state index contributed by atoms with van der Waals surface area (Å²) in [7, 11) is -2.08. The van der Waals surface area contributed by atoms with Crippen molar-refractivity contribution in [3.63, 3.8) is 0 Å². The quantitative estimate of drug-likeness (QED) is 0.931. The summed E-state index contributed by atoms with van der Waals surface area (Å²) in [6.07, 6.45) is -1.63. The van der Waals surface area contributed by atoms with Gasteiger partial charge in [-0.2, -0.15) is 13.2 Å². The summed E-state index contributed by atoms with van der Waals surface area (Å²) in [5.74, 6) is 0. The summed E-state index contributed by atoms with van der Waals surface area (Å²) < 4.78 is 63.5. The molecule has 2 rings (SSSR count). The van der Waals surface area contributed by atoms with Crippen LogP contribution in [0.5, 0.6) is 0 Å². The van der Waals surface area contributed by atoms with E-state index in [1.807, 2.05) is 0 Å². The molecule has 0 amide bonds. The number of sulfone groups is 1. The van der Waals surface area contributed by atoms with Gasteiger partial charge in [-0.05, 0) is 38.1 Å². The molecule has 0 bridgehead atoms. The molecule has 3 nitrogen and oxygen atoms in total. The van der Waals surface area contributed by atoms with Crippen LogP contribution in [0.1, 0.15) is 31.2 Å². The zero-order valence-electron chi connectivity index (χ0n) is 11.7. The highest BCUT2D eigenvalue weighted by Crippen LogP contribution is 2.33. The lowest BCUT2D eigenvalue weighted by molar-refractivity contribution is -0.137. The fourth-order valence-electron chi connectivity index (χ4n) is 2.82. The summed E-state index contributed by atoms with van der Waals surface area (Å²) in [5.41, 5.74) is -0.930. The minimum Gasteiger partial charge on any atom is -0.316 e. The Morgan fingerprint density at radius 3 is 2.48 bits per heavy atom. The number of alkyl halides is 3. The first-order valence-corrected chi connectivity index (χ1v) is 8.40. The second kappa shape index (κ2) is 5.96. The van der Waals surface area contributed by atoms with Gasteiger partial charge in [0.2, 0.25) is 0 Å². The SMILES string of the molecule is CNC1CCCCC1S(=O)(=O)c1cccc(C(F)(F)F)c1. The van der Waals surface area contributed by atoms with E-state index in [9.17, 15) is 21.6 Å². The van der Waals surface area contributed by atoms with E-state index in [-0.39, 0.29) is 10.9 Å². The molecule has 1 saturated carbocycles. The van der Waals surface area contributed by atoms with Crippen LogP contribution in [0.2, 0.25) is 0 Å². The van der Waals surface area contributed by atoms with Crippen molar-refractivity contribution in [1.29, 1.82) is 0 Å². The van der Waals surface area contributed by atoms with Crippen molar-refractivity contribution in [3.8, 4) is 0 Å². The van der Waals surface area contributed by atoms with E-state index in [1.54, 1.807) is 7.05 Å². The fourth-order valence-corrected chi connectivity index (χ4v) is 4.91. The van der Waals surface area contributed by atoms with Crippen LogP contribution >= 0.6 is 0 Å². The van der Waals surface area contributed by atoms with Crippen molar-refractivity contribution in [2.24, 2.45) is 0 Å². The Balaban J connectivity index is 2.39. The highest BCUT2D eigenvalue weighted by molar-refractivity contribution is 7.92. The van der Waals surface area contributed by atoms with E-state index in [0.29, 0.717) is 6.42 Å². The van der Waals surface area contributed by atoms with Crippen LogP contribution in [0.15, 0.2) is 29.2 Å². The zero-order valence-corrected chi connectivity index (χ0v) is 12.5. The molecule has 0 aromatic heterocycles. The summed E-state index contributed by atoms with van der Waals surface area (Å²) in [5, 5.41) is 2.31. The number of rotatable bonds is 3. The molecule has 1 aliphatic rings. The van der Waals surface area contributed by atoms with Gasteiger partial charge in [0.15, 0.2) is 9.84 Å². The second-order valence-electron chi connectivity index (χ2n) is 5.29. The van der Waals surface area contributed by atoms with Crippen molar-refractivity contribution >= 4 is 9.84 Å². The summed E-state index contributed by atoms with van der Waals surface area (Å²) >= 11 is 0. The normalized spacial score (nSPS) is 24.0. The van der Waals surface area contributed by atoms with E-state index < -0.39 is 26.8 Å². The predicted octanol–water partition coefficient (Wildman–Crippen LogP) is 3.01.